The first-order valence-electron chi connectivity index (χ1n) is 7.54. The Hall–Kier alpha value is -2.95. The smallest absolute Gasteiger partial charge is 0.488 e. The molecule has 0 N–H and O–H groups in total. The molecule has 127 valence electrons. The fraction of sp³-hybridized carbons (Fsp3) is 0.100. The number of alkyl halides is 3. The third-order valence-electron chi connectivity index (χ3n) is 3.45. The minimum Gasteiger partial charge on any atom is -0.488 e. The number of rotatable bonds is 5. The van der Waals surface area contributed by atoms with Gasteiger partial charge >= 0.3 is 6.36 Å². The number of ether oxygens (including phenoxy) is 2. The summed E-state index contributed by atoms with van der Waals surface area (Å²) in [6.07, 6.45) is -4.74. The molecule has 0 fully saturated rings. The molecule has 1 radical (unpaired) electrons. The van der Waals surface area contributed by atoms with Crippen molar-refractivity contribution in [2.45, 2.75) is 13.0 Å². The van der Waals surface area contributed by atoms with Crippen LogP contribution in [0.3, 0.4) is 0 Å². The zero-order chi connectivity index (χ0) is 17.7. The third kappa shape index (κ3) is 4.76. The molecular weight excluding hydrogens is 329 g/mol. The predicted molar refractivity (Wildman–Crippen MR) is 88.2 cm³/mol. The first-order chi connectivity index (χ1) is 12.0. The summed E-state index contributed by atoms with van der Waals surface area (Å²) >= 11 is 0. The molecule has 3 aromatic carbocycles. The van der Waals surface area contributed by atoms with E-state index in [4.69, 9.17) is 4.74 Å². The normalized spacial score (nSPS) is 11.2. The van der Waals surface area contributed by atoms with E-state index in [-0.39, 0.29) is 5.75 Å². The molecule has 0 heterocycles. The summed E-state index contributed by atoms with van der Waals surface area (Å²) in [5.74, 6) is 0.187. The molecule has 25 heavy (non-hydrogen) atoms. The van der Waals surface area contributed by atoms with Gasteiger partial charge in [0, 0.05) is 5.56 Å². The highest BCUT2D eigenvalue weighted by Crippen LogP contribution is 2.35. The first kappa shape index (κ1) is 16.9. The lowest BCUT2D eigenvalue weighted by Gasteiger charge is -2.15. The average Bonchev–Trinajstić information content (AvgIpc) is 2.61. The van der Waals surface area contributed by atoms with Gasteiger partial charge in [-0.05, 0) is 35.4 Å². The van der Waals surface area contributed by atoms with Gasteiger partial charge in [0.25, 0.3) is 0 Å². The lowest BCUT2D eigenvalue weighted by Crippen LogP contribution is -2.17. The standard InChI is InChI=1S/C20H14F3O2/c21-20(22,23)25-17-11-12-19(24-14-15-7-3-1-4-8-15)18(13-17)16-9-5-2-6-10-16/h1,3-13H,14H2. The molecule has 3 rings (SSSR count). The molecule has 0 saturated carbocycles. The quantitative estimate of drug-likeness (QED) is 0.598. The van der Waals surface area contributed by atoms with Crippen molar-refractivity contribution in [3.8, 4) is 22.6 Å². The van der Waals surface area contributed by atoms with E-state index in [0.717, 1.165) is 11.1 Å². The Morgan fingerprint density at radius 1 is 0.880 bits per heavy atom. The van der Waals surface area contributed by atoms with Gasteiger partial charge in [-0.1, -0.05) is 54.6 Å². The van der Waals surface area contributed by atoms with Crippen LogP contribution in [0, 0.1) is 6.07 Å². The van der Waals surface area contributed by atoms with Gasteiger partial charge in [0.05, 0.1) is 0 Å². The summed E-state index contributed by atoms with van der Waals surface area (Å²) in [6, 6.07) is 23.3. The summed E-state index contributed by atoms with van der Waals surface area (Å²) in [7, 11) is 0. The summed E-state index contributed by atoms with van der Waals surface area (Å²) in [4.78, 5) is 0. The zero-order valence-electron chi connectivity index (χ0n) is 13.1. The molecule has 5 heteroatoms. The lowest BCUT2D eigenvalue weighted by molar-refractivity contribution is -0.274. The number of halogens is 3. The van der Waals surface area contributed by atoms with Gasteiger partial charge in [-0.25, -0.2) is 0 Å². The zero-order valence-corrected chi connectivity index (χ0v) is 13.1. The van der Waals surface area contributed by atoms with E-state index in [2.05, 4.69) is 10.8 Å². The molecule has 0 aromatic heterocycles. The summed E-state index contributed by atoms with van der Waals surface area (Å²) in [5, 5.41) is 0. The van der Waals surface area contributed by atoms with Gasteiger partial charge in [-0.15, -0.1) is 13.2 Å². The van der Waals surface area contributed by atoms with Crippen LogP contribution >= 0.6 is 0 Å². The van der Waals surface area contributed by atoms with Crippen molar-refractivity contribution >= 4 is 0 Å². The van der Waals surface area contributed by atoms with Gasteiger partial charge in [0.1, 0.15) is 18.1 Å². The average molecular weight is 343 g/mol. The predicted octanol–water partition coefficient (Wildman–Crippen LogP) is 5.63. The van der Waals surface area contributed by atoms with E-state index in [1.165, 1.54) is 18.2 Å². The SMILES string of the molecule is FC(F)(F)Oc1ccc(OCc2ccccc2)c(-c2cc[c]cc2)c1. The topological polar surface area (TPSA) is 18.5 Å². The van der Waals surface area contributed by atoms with Crippen molar-refractivity contribution in [3.05, 3.63) is 84.4 Å². The van der Waals surface area contributed by atoms with Gasteiger partial charge < -0.3 is 9.47 Å². The molecule has 0 spiro atoms. The third-order valence-corrected chi connectivity index (χ3v) is 3.45. The minimum absolute atomic E-state index is 0.289. The molecule has 0 aliphatic heterocycles. The van der Waals surface area contributed by atoms with Crippen molar-refractivity contribution in [1.29, 1.82) is 0 Å². The van der Waals surface area contributed by atoms with E-state index in [0.29, 0.717) is 17.9 Å². The van der Waals surface area contributed by atoms with Gasteiger partial charge in [0.15, 0.2) is 0 Å². The fourth-order valence-electron chi connectivity index (χ4n) is 2.36. The first-order valence-corrected chi connectivity index (χ1v) is 7.54. The highest BCUT2D eigenvalue weighted by atomic mass is 19.4. The summed E-state index contributed by atoms with van der Waals surface area (Å²) < 4.78 is 47.3. The van der Waals surface area contributed by atoms with Crippen molar-refractivity contribution in [3.63, 3.8) is 0 Å². The van der Waals surface area contributed by atoms with Crippen molar-refractivity contribution in [2.24, 2.45) is 0 Å². The van der Waals surface area contributed by atoms with Crippen LogP contribution in [0.2, 0.25) is 0 Å². The highest BCUT2D eigenvalue weighted by molar-refractivity contribution is 5.72. The molecule has 2 nitrogen and oxygen atoms in total. The van der Waals surface area contributed by atoms with Crippen LogP contribution in [-0.4, -0.2) is 6.36 Å². The van der Waals surface area contributed by atoms with E-state index in [9.17, 15) is 13.2 Å². The number of hydrogen-bond donors (Lipinski definition) is 0. The van der Waals surface area contributed by atoms with Gasteiger partial charge in [0.2, 0.25) is 0 Å². The van der Waals surface area contributed by atoms with Gasteiger partial charge in [-0.3, -0.25) is 0 Å². The maximum atomic E-state index is 12.5. The Kier molecular flexibility index (Phi) is 4.93. The van der Waals surface area contributed by atoms with Crippen LogP contribution < -0.4 is 9.47 Å². The van der Waals surface area contributed by atoms with E-state index in [1.807, 2.05) is 30.3 Å². The summed E-state index contributed by atoms with van der Waals surface area (Å²) in [6.45, 7) is 0.312. The van der Waals surface area contributed by atoms with E-state index >= 15 is 0 Å². The minimum atomic E-state index is -4.74. The second-order valence-electron chi connectivity index (χ2n) is 5.27. The molecule has 0 bridgehead atoms. The van der Waals surface area contributed by atoms with Crippen molar-refractivity contribution < 1.29 is 22.6 Å². The lowest BCUT2D eigenvalue weighted by atomic mass is 10.0. The van der Waals surface area contributed by atoms with Crippen LogP contribution in [0.4, 0.5) is 13.2 Å². The highest BCUT2D eigenvalue weighted by Gasteiger charge is 2.31. The maximum absolute atomic E-state index is 12.5. The Morgan fingerprint density at radius 2 is 1.60 bits per heavy atom. The largest absolute Gasteiger partial charge is 0.573 e. The Balaban J connectivity index is 1.91. The molecule has 0 unspecified atom stereocenters. The molecule has 0 aliphatic carbocycles. The Labute approximate surface area is 143 Å². The van der Waals surface area contributed by atoms with E-state index < -0.39 is 6.36 Å². The monoisotopic (exact) mass is 343 g/mol. The van der Waals surface area contributed by atoms with Crippen molar-refractivity contribution in [2.75, 3.05) is 0 Å². The van der Waals surface area contributed by atoms with Crippen molar-refractivity contribution in [1.82, 2.24) is 0 Å². The molecule has 0 saturated heterocycles. The second-order valence-corrected chi connectivity index (χ2v) is 5.27. The Morgan fingerprint density at radius 3 is 2.28 bits per heavy atom. The number of benzene rings is 3. The van der Waals surface area contributed by atoms with Gasteiger partial charge in [-0.2, -0.15) is 0 Å². The number of hydrogen-bond acceptors (Lipinski definition) is 2. The van der Waals surface area contributed by atoms with Crippen LogP contribution in [0.15, 0.2) is 72.8 Å². The van der Waals surface area contributed by atoms with Crippen LogP contribution in [0.5, 0.6) is 11.5 Å². The van der Waals surface area contributed by atoms with Crippen LogP contribution in [0.1, 0.15) is 5.56 Å². The van der Waals surface area contributed by atoms with Crippen LogP contribution in [0.25, 0.3) is 11.1 Å². The van der Waals surface area contributed by atoms with Crippen LogP contribution in [-0.2, 0) is 6.61 Å². The molecular formula is C20H14F3O2. The van der Waals surface area contributed by atoms with E-state index in [1.54, 1.807) is 24.3 Å². The molecule has 0 aliphatic rings. The molecule has 0 atom stereocenters. The molecule has 3 aromatic rings. The Bertz CT molecular complexity index is 815. The maximum Gasteiger partial charge on any atom is 0.573 e. The molecule has 0 amide bonds. The fourth-order valence-corrected chi connectivity index (χ4v) is 2.36. The summed E-state index contributed by atoms with van der Waals surface area (Å²) in [5.41, 5.74) is 2.20. The second kappa shape index (κ2) is 7.30.